The van der Waals surface area contributed by atoms with Crippen LogP contribution in [0.1, 0.15) is 77.6 Å². The summed E-state index contributed by atoms with van der Waals surface area (Å²) in [6.45, 7) is 13.5. The van der Waals surface area contributed by atoms with E-state index in [-0.39, 0.29) is 30.6 Å². The zero-order valence-corrected chi connectivity index (χ0v) is 30.7. The molecule has 2 heterocycles. The van der Waals surface area contributed by atoms with Gasteiger partial charge in [-0.3, -0.25) is 24.4 Å². The molecule has 0 spiro atoms. The maximum atomic E-state index is 14.2. The maximum absolute atomic E-state index is 14.2. The Bertz CT molecular complexity index is 1660. The Hall–Kier alpha value is -4.19. The van der Waals surface area contributed by atoms with Crippen LogP contribution in [0.5, 0.6) is 0 Å². The number of alkyl carbamates (subject to hydrolysis) is 1. The number of hydrogen-bond donors (Lipinski definition) is 4. The molecule has 16 nitrogen and oxygen atoms in total. The van der Waals surface area contributed by atoms with Gasteiger partial charge in [0.15, 0.2) is 0 Å². The number of thiophene rings is 1. The summed E-state index contributed by atoms with van der Waals surface area (Å²) in [5.41, 5.74) is -3.16. The van der Waals surface area contributed by atoms with Gasteiger partial charge >= 0.3 is 18.2 Å². The van der Waals surface area contributed by atoms with E-state index in [9.17, 15) is 37.2 Å². The molecule has 0 radical (unpaired) electrons. The number of esters is 1. The van der Waals surface area contributed by atoms with Crippen LogP contribution in [0.2, 0.25) is 0 Å². The second kappa shape index (κ2) is 14.2. The molecule has 3 fully saturated rings. The van der Waals surface area contributed by atoms with Crippen LogP contribution < -0.4 is 20.7 Å². The lowest BCUT2D eigenvalue weighted by Gasteiger charge is -2.36. The number of nitrogens with zero attached hydrogens (tertiary/aromatic N) is 1. The Morgan fingerprint density at radius 1 is 1.06 bits per heavy atom. The van der Waals surface area contributed by atoms with Gasteiger partial charge < -0.3 is 29.7 Å². The Balaban J connectivity index is 1.59. The summed E-state index contributed by atoms with van der Waals surface area (Å²) in [4.78, 5) is 80.6. The van der Waals surface area contributed by atoms with E-state index >= 15 is 0 Å². The van der Waals surface area contributed by atoms with Crippen molar-refractivity contribution in [2.75, 3.05) is 19.0 Å². The fourth-order valence-corrected chi connectivity index (χ4v) is 7.70. The third-order valence-corrected chi connectivity index (χ3v) is 11.0. The largest absolute Gasteiger partial charge is 0.465 e. The number of ether oxygens (including phenoxy) is 3. The smallest absolute Gasteiger partial charge is 0.412 e. The summed E-state index contributed by atoms with van der Waals surface area (Å²) in [7, 11) is -2.75. The van der Waals surface area contributed by atoms with E-state index in [1.807, 2.05) is 0 Å². The molecular weight excluding hydrogens is 695 g/mol. The molecule has 2 saturated carbocycles. The molecule has 1 aromatic rings. The minimum Gasteiger partial charge on any atom is -0.465 e. The van der Waals surface area contributed by atoms with Gasteiger partial charge in [0.2, 0.25) is 21.8 Å². The van der Waals surface area contributed by atoms with Gasteiger partial charge in [-0.1, -0.05) is 26.8 Å². The van der Waals surface area contributed by atoms with E-state index in [0.717, 1.165) is 16.2 Å². The molecule has 1 saturated heterocycles. The molecule has 1 aromatic heterocycles. The molecule has 4 N–H and O–H groups in total. The summed E-state index contributed by atoms with van der Waals surface area (Å²) in [5, 5.41) is 10.1. The lowest BCUT2D eigenvalue weighted by Crippen LogP contribution is -2.60. The highest BCUT2D eigenvalue weighted by molar-refractivity contribution is 7.91. The highest BCUT2D eigenvalue weighted by Gasteiger charge is 2.62. The second-order valence-electron chi connectivity index (χ2n) is 14.7. The molecule has 18 heteroatoms. The predicted molar refractivity (Wildman–Crippen MR) is 182 cm³/mol. The summed E-state index contributed by atoms with van der Waals surface area (Å²) in [5.74, 6) is -3.67. The summed E-state index contributed by atoms with van der Waals surface area (Å²) in [6, 6.07) is -2.52. The lowest BCUT2D eigenvalue weighted by atomic mass is 9.85. The minimum absolute atomic E-state index is 0.0746. The van der Waals surface area contributed by atoms with Gasteiger partial charge in [-0.25, -0.2) is 22.8 Å². The zero-order chi connectivity index (χ0) is 37.4. The molecule has 50 heavy (non-hydrogen) atoms. The molecule has 5 atom stereocenters. The summed E-state index contributed by atoms with van der Waals surface area (Å²) < 4.78 is 43.0. The van der Waals surface area contributed by atoms with Crippen LogP contribution in [0, 0.1) is 11.3 Å². The van der Waals surface area contributed by atoms with E-state index in [0.29, 0.717) is 12.8 Å². The number of anilines is 1. The highest BCUT2D eigenvalue weighted by Crippen LogP contribution is 2.45. The first-order chi connectivity index (χ1) is 23.1. The molecule has 0 aromatic carbocycles. The number of nitrogens with one attached hydrogen (secondary N) is 4. The molecule has 3 aliphatic rings. The quantitative estimate of drug-likeness (QED) is 0.147. The van der Waals surface area contributed by atoms with Gasteiger partial charge in [-0.05, 0) is 45.4 Å². The van der Waals surface area contributed by atoms with Crippen molar-refractivity contribution in [1.82, 2.24) is 20.3 Å². The van der Waals surface area contributed by atoms with Gasteiger partial charge in [0.25, 0.3) is 5.91 Å². The van der Waals surface area contributed by atoms with E-state index in [4.69, 9.17) is 14.2 Å². The number of carbonyl (C=O) groups excluding carboxylic acids is 6. The average molecular weight is 740 g/mol. The number of likely N-dealkylation sites (tertiary alicyclic amines) is 1. The molecular formula is C32H45N5O11S2. The van der Waals surface area contributed by atoms with Crippen LogP contribution in [0.15, 0.2) is 23.4 Å². The van der Waals surface area contributed by atoms with Crippen LogP contribution in [0.4, 0.5) is 15.3 Å². The minimum atomic E-state index is -3.94. The first-order valence-corrected chi connectivity index (χ1v) is 18.5. The normalized spacial score (nSPS) is 23.9. The monoisotopic (exact) mass is 739 g/mol. The van der Waals surface area contributed by atoms with Gasteiger partial charge in [-0.15, -0.1) is 17.9 Å². The standard InChI is InChI=1S/C32H45N5O11S2/c1-9-17-13-32(17,27(41)36-50(44,45)19-10-11-19)35-24(38)22-12-18(47-28(42)33-21-16-49-15-20(21)26(40)46-8)14-37(22)25(39)23(30(2,3)4)34-29(43)48-31(5,6)7/h9,15-19,22-23H,1,10-14H2,2-8H3,(H,33,42)(H,34,43)(H,35,38)(H,36,41). The Morgan fingerprint density at radius 2 is 1.72 bits per heavy atom. The van der Waals surface area contributed by atoms with Crippen molar-refractivity contribution < 1.29 is 51.4 Å². The number of rotatable bonds is 11. The van der Waals surface area contributed by atoms with Crippen LogP contribution in [-0.2, 0) is 38.6 Å². The van der Waals surface area contributed by atoms with Crippen molar-refractivity contribution in [3.63, 3.8) is 0 Å². The van der Waals surface area contributed by atoms with Crippen molar-refractivity contribution in [1.29, 1.82) is 0 Å². The second-order valence-corrected chi connectivity index (χ2v) is 17.4. The van der Waals surface area contributed by atoms with Crippen molar-refractivity contribution in [3.8, 4) is 0 Å². The molecule has 4 rings (SSSR count). The van der Waals surface area contributed by atoms with Gasteiger partial charge in [0.05, 0.1) is 30.2 Å². The third kappa shape index (κ3) is 8.93. The number of sulfonamides is 1. The van der Waals surface area contributed by atoms with Crippen molar-refractivity contribution in [3.05, 3.63) is 29.0 Å². The molecule has 2 aliphatic carbocycles. The number of carbonyl (C=O) groups is 6. The molecule has 5 amide bonds. The zero-order valence-electron chi connectivity index (χ0n) is 29.1. The van der Waals surface area contributed by atoms with Gasteiger partial charge in [0.1, 0.15) is 29.3 Å². The van der Waals surface area contributed by atoms with Gasteiger partial charge in [-0.2, -0.15) is 0 Å². The van der Waals surface area contributed by atoms with Crippen molar-refractivity contribution in [2.45, 2.75) is 102 Å². The van der Waals surface area contributed by atoms with Crippen molar-refractivity contribution in [2.24, 2.45) is 11.3 Å². The van der Waals surface area contributed by atoms with E-state index in [1.54, 1.807) is 41.5 Å². The molecule has 5 unspecified atom stereocenters. The lowest BCUT2D eigenvalue weighted by molar-refractivity contribution is -0.143. The van der Waals surface area contributed by atoms with Crippen LogP contribution in [0.25, 0.3) is 0 Å². The van der Waals surface area contributed by atoms with Crippen LogP contribution in [0.3, 0.4) is 0 Å². The number of methoxy groups -OCH3 is 1. The van der Waals surface area contributed by atoms with Crippen LogP contribution >= 0.6 is 11.3 Å². The summed E-state index contributed by atoms with van der Waals surface area (Å²) in [6.07, 6.45) is -0.746. The van der Waals surface area contributed by atoms with Gasteiger partial charge in [0, 0.05) is 23.1 Å². The first-order valence-electron chi connectivity index (χ1n) is 16.0. The molecule has 276 valence electrons. The first kappa shape index (κ1) is 38.6. The van der Waals surface area contributed by atoms with Crippen molar-refractivity contribution >= 4 is 62.9 Å². The fraction of sp³-hybridized carbons (Fsp3) is 0.625. The Labute approximate surface area is 295 Å². The maximum Gasteiger partial charge on any atom is 0.412 e. The highest BCUT2D eigenvalue weighted by atomic mass is 32.2. The Morgan fingerprint density at radius 3 is 2.26 bits per heavy atom. The van der Waals surface area contributed by atoms with Crippen LogP contribution in [-0.4, -0.2) is 97.4 Å². The average Bonchev–Trinajstić information content (AvgIpc) is 3.89. The SMILES string of the molecule is C=CC1CC1(NC(=O)C1CC(OC(=O)Nc2cscc2C(=O)OC)CN1C(=O)C(NC(=O)OC(C)(C)C)C(C)(C)C)C(=O)NS(=O)(=O)C1CC1. The number of amides is 5. The third-order valence-electron chi connectivity index (χ3n) is 8.45. The van der Waals surface area contributed by atoms with E-state index in [1.165, 1.54) is 23.9 Å². The van der Waals surface area contributed by atoms with E-state index in [2.05, 4.69) is 27.3 Å². The molecule has 0 bridgehead atoms. The predicted octanol–water partition coefficient (Wildman–Crippen LogP) is 2.66. The fourth-order valence-electron chi connectivity index (χ4n) is 5.59. The number of hydrogen-bond acceptors (Lipinski definition) is 12. The Kier molecular flexibility index (Phi) is 11.0. The topological polar surface area (TPSA) is 216 Å². The summed E-state index contributed by atoms with van der Waals surface area (Å²) >= 11 is 1.14. The van der Waals surface area contributed by atoms with E-state index < -0.39 is 91.8 Å². The molecule has 1 aliphatic heterocycles.